The second-order valence-electron chi connectivity index (χ2n) is 4.41. The zero-order valence-electron chi connectivity index (χ0n) is 9.17. The number of furan rings is 1. The summed E-state index contributed by atoms with van der Waals surface area (Å²) in [6, 6.07) is 3.94. The summed E-state index contributed by atoms with van der Waals surface area (Å²) in [4.78, 5) is 0. The van der Waals surface area contributed by atoms with Gasteiger partial charge < -0.3 is 9.52 Å². The molecule has 1 aromatic carbocycles. The summed E-state index contributed by atoms with van der Waals surface area (Å²) in [6.45, 7) is 0. The van der Waals surface area contributed by atoms with Gasteiger partial charge in [0, 0.05) is 9.86 Å². The van der Waals surface area contributed by atoms with Gasteiger partial charge in [-0.05, 0) is 42.5 Å². The predicted molar refractivity (Wildman–Crippen MR) is 71.6 cm³/mol. The Hall–Kier alpha value is -0.510. The number of benzene rings is 1. The van der Waals surface area contributed by atoms with Crippen molar-refractivity contribution >= 4 is 38.5 Å². The summed E-state index contributed by atoms with van der Waals surface area (Å²) in [5.41, 5.74) is 3.54. The van der Waals surface area contributed by atoms with Gasteiger partial charge in [0.25, 0.3) is 0 Å². The molecule has 1 aliphatic carbocycles. The Bertz CT molecular complexity index is 576. The smallest absolute Gasteiger partial charge is 0.137 e. The van der Waals surface area contributed by atoms with Gasteiger partial charge in [-0.15, -0.1) is 11.6 Å². The van der Waals surface area contributed by atoms with Gasteiger partial charge in [-0.2, -0.15) is 0 Å². The second kappa shape index (κ2) is 4.30. The molecule has 2 aromatic rings. The molecular weight excluding hydrogens is 303 g/mol. The first-order valence-electron chi connectivity index (χ1n) is 5.68. The van der Waals surface area contributed by atoms with Crippen LogP contribution < -0.4 is 0 Å². The molecule has 4 heteroatoms. The Kier molecular flexibility index (Phi) is 2.93. The molecule has 1 N–H and O–H groups in total. The van der Waals surface area contributed by atoms with Crippen LogP contribution in [-0.2, 0) is 12.8 Å². The zero-order chi connectivity index (χ0) is 12.0. The SMILES string of the molecule is OC(CCl)c1cc2cc(Br)c3c(c2o1)CCC3. The summed E-state index contributed by atoms with van der Waals surface area (Å²) >= 11 is 9.24. The number of aliphatic hydroxyl groups excluding tert-OH is 1. The largest absolute Gasteiger partial charge is 0.458 e. The van der Waals surface area contributed by atoms with Crippen molar-refractivity contribution in [3.63, 3.8) is 0 Å². The first-order valence-corrected chi connectivity index (χ1v) is 7.01. The fourth-order valence-electron chi connectivity index (χ4n) is 2.49. The number of aliphatic hydroxyl groups is 1. The molecule has 0 saturated carbocycles. The predicted octanol–water partition coefficient (Wildman–Crippen LogP) is 3.96. The molecule has 3 rings (SSSR count). The van der Waals surface area contributed by atoms with E-state index < -0.39 is 6.10 Å². The van der Waals surface area contributed by atoms with E-state index in [2.05, 4.69) is 22.0 Å². The third-order valence-corrected chi connectivity index (χ3v) is 4.32. The lowest BCUT2D eigenvalue weighted by molar-refractivity contribution is 0.175. The van der Waals surface area contributed by atoms with E-state index in [1.807, 2.05) is 6.07 Å². The Labute approximate surface area is 113 Å². The van der Waals surface area contributed by atoms with Gasteiger partial charge in [-0.25, -0.2) is 0 Å². The molecule has 0 amide bonds. The molecule has 1 aromatic heterocycles. The van der Waals surface area contributed by atoms with E-state index in [1.54, 1.807) is 0 Å². The molecule has 1 aliphatic rings. The topological polar surface area (TPSA) is 33.4 Å². The van der Waals surface area contributed by atoms with Gasteiger partial charge in [0.1, 0.15) is 17.4 Å². The van der Waals surface area contributed by atoms with E-state index in [-0.39, 0.29) is 5.88 Å². The van der Waals surface area contributed by atoms with E-state index in [0.717, 1.165) is 28.3 Å². The number of fused-ring (bicyclic) bond motifs is 3. The number of hydrogen-bond acceptors (Lipinski definition) is 2. The molecule has 0 spiro atoms. The number of halogens is 2. The van der Waals surface area contributed by atoms with E-state index in [4.69, 9.17) is 16.0 Å². The van der Waals surface area contributed by atoms with Crippen molar-refractivity contribution in [2.75, 3.05) is 5.88 Å². The molecule has 0 bridgehead atoms. The zero-order valence-corrected chi connectivity index (χ0v) is 11.5. The van der Waals surface area contributed by atoms with Crippen molar-refractivity contribution < 1.29 is 9.52 Å². The fraction of sp³-hybridized carbons (Fsp3) is 0.385. The van der Waals surface area contributed by atoms with Gasteiger partial charge in [-0.1, -0.05) is 15.9 Å². The normalized spacial score (nSPS) is 16.4. The highest BCUT2D eigenvalue weighted by atomic mass is 79.9. The quantitative estimate of drug-likeness (QED) is 0.851. The van der Waals surface area contributed by atoms with E-state index in [0.29, 0.717) is 5.76 Å². The maximum atomic E-state index is 9.71. The minimum absolute atomic E-state index is 0.156. The molecule has 1 atom stereocenters. The maximum Gasteiger partial charge on any atom is 0.137 e. The van der Waals surface area contributed by atoms with E-state index in [1.165, 1.54) is 17.5 Å². The number of hydrogen-bond donors (Lipinski definition) is 1. The van der Waals surface area contributed by atoms with Crippen LogP contribution in [-0.4, -0.2) is 11.0 Å². The van der Waals surface area contributed by atoms with Crippen molar-refractivity contribution in [2.24, 2.45) is 0 Å². The third-order valence-electron chi connectivity index (χ3n) is 3.32. The monoisotopic (exact) mass is 314 g/mol. The third kappa shape index (κ3) is 1.81. The Balaban J connectivity index is 2.23. The van der Waals surface area contributed by atoms with Crippen LogP contribution >= 0.6 is 27.5 Å². The van der Waals surface area contributed by atoms with Gasteiger partial charge in [-0.3, -0.25) is 0 Å². The van der Waals surface area contributed by atoms with Crippen molar-refractivity contribution in [1.29, 1.82) is 0 Å². The summed E-state index contributed by atoms with van der Waals surface area (Å²) < 4.78 is 6.91. The molecule has 0 saturated heterocycles. The first-order chi connectivity index (χ1) is 8.20. The first kappa shape index (κ1) is 11.6. The van der Waals surface area contributed by atoms with Crippen molar-refractivity contribution in [3.05, 3.63) is 33.5 Å². The summed E-state index contributed by atoms with van der Waals surface area (Å²) in [7, 11) is 0. The minimum atomic E-state index is -0.722. The number of alkyl halides is 1. The van der Waals surface area contributed by atoms with Crippen LogP contribution in [0.1, 0.15) is 29.4 Å². The highest BCUT2D eigenvalue weighted by Gasteiger charge is 2.21. The lowest BCUT2D eigenvalue weighted by Crippen LogP contribution is -1.95. The van der Waals surface area contributed by atoms with Crippen LogP contribution in [0.25, 0.3) is 11.0 Å². The summed E-state index contributed by atoms with van der Waals surface area (Å²) in [5.74, 6) is 0.714. The van der Waals surface area contributed by atoms with Crippen molar-refractivity contribution in [3.8, 4) is 0 Å². The van der Waals surface area contributed by atoms with Crippen LogP contribution in [0, 0.1) is 0 Å². The maximum absolute atomic E-state index is 9.71. The highest BCUT2D eigenvalue weighted by molar-refractivity contribution is 9.10. The van der Waals surface area contributed by atoms with Gasteiger partial charge in [0.15, 0.2) is 0 Å². The van der Waals surface area contributed by atoms with Crippen molar-refractivity contribution in [2.45, 2.75) is 25.4 Å². The van der Waals surface area contributed by atoms with Gasteiger partial charge in [0.2, 0.25) is 0 Å². The average molecular weight is 316 g/mol. The van der Waals surface area contributed by atoms with Crippen LogP contribution in [0.3, 0.4) is 0 Å². The van der Waals surface area contributed by atoms with E-state index in [9.17, 15) is 5.11 Å². The Morgan fingerprint density at radius 2 is 2.12 bits per heavy atom. The molecule has 0 aliphatic heterocycles. The molecule has 1 heterocycles. The number of aryl methyl sites for hydroxylation is 1. The number of rotatable bonds is 2. The molecule has 0 radical (unpaired) electrons. The van der Waals surface area contributed by atoms with Crippen molar-refractivity contribution in [1.82, 2.24) is 0 Å². The molecule has 0 fully saturated rings. The van der Waals surface area contributed by atoms with Gasteiger partial charge >= 0.3 is 0 Å². The van der Waals surface area contributed by atoms with Gasteiger partial charge in [0.05, 0.1) is 5.88 Å². The van der Waals surface area contributed by atoms with Crippen LogP contribution in [0.15, 0.2) is 21.0 Å². The lowest BCUT2D eigenvalue weighted by atomic mass is 10.1. The molecule has 2 nitrogen and oxygen atoms in total. The second-order valence-corrected chi connectivity index (χ2v) is 5.57. The lowest BCUT2D eigenvalue weighted by Gasteiger charge is -2.03. The minimum Gasteiger partial charge on any atom is -0.458 e. The fourth-order valence-corrected chi connectivity index (χ4v) is 3.33. The van der Waals surface area contributed by atoms with Crippen LogP contribution in [0.5, 0.6) is 0 Å². The average Bonchev–Trinajstić information content (AvgIpc) is 2.92. The molecule has 90 valence electrons. The van der Waals surface area contributed by atoms with Crippen LogP contribution in [0.4, 0.5) is 0 Å². The highest BCUT2D eigenvalue weighted by Crippen LogP contribution is 2.38. The molecule has 17 heavy (non-hydrogen) atoms. The molecular formula is C13H12BrClO2. The van der Waals surface area contributed by atoms with E-state index >= 15 is 0 Å². The Morgan fingerprint density at radius 1 is 1.35 bits per heavy atom. The standard InChI is InChI=1S/C13H12BrClO2/c14-10-4-7-5-12(11(16)6-15)17-13(7)9-3-1-2-8(9)10/h4-5,11,16H,1-3,6H2. The Morgan fingerprint density at radius 3 is 2.88 bits per heavy atom. The summed E-state index contributed by atoms with van der Waals surface area (Å²) in [5, 5.41) is 10.7. The summed E-state index contributed by atoms with van der Waals surface area (Å²) in [6.07, 6.45) is 2.59. The van der Waals surface area contributed by atoms with Crippen LogP contribution in [0.2, 0.25) is 0 Å². The molecule has 1 unspecified atom stereocenters.